The van der Waals surface area contributed by atoms with E-state index in [9.17, 15) is 4.79 Å². The first-order valence-corrected chi connectivity index (χ1v) is 7.05. The molecule has 108 valence electrons. The summed E-state index contributed by atoms with van der Waals surface area (Å²) in [6.07, 6.45) is 3.59. The van der Waals surface area contributed by atoms with E-state index in [0.29, 0.717) is 6.42 Å². The lowest BCUT2D eigenvalue weighted by Gasteiger charge is -2.11. The van der Waals surface area contributed by atoms with E-state index in [4.69, 9.17) is 0 Å². The zero-order valence-electron chi connectivity index (χ0n) is 12.5. The Bertz CT molecular complexity index is 586. The van der Waals surface area contributed by atoms with E-state index in [1.807, 2.05) is 7.05 Å². The van der Waals surface area contributed by atoms with Crippen molar-refractivity contribution in [3.8, 4) is 0 Å². The molecule has 4 nitrogen and oxygen atoms in total. The molecule has 1 heterocycles. The SMILES string of the molecule is CNCc1cccc2c1ccn2CCCC(=O)N(C)C. The summed E-state index contributed by atoms with van der Waals surface area (Å²) >= 11 is 0. The van der Waals surface area contributed by atoms with Crippen LogP contribution in [0.1, 0.15) is 18.4 Å². The van der Waals surface area contributed by atoms with Gasteiger partial charge in [0.15, 0.2) is 0 Å². The van der Waals surface area contributed by atoms with E-state index in [2.05, 4.69) is 40.3 Å². The summed E-state index contributed by atoms with van der Waals surface area (Å²) in [7, 11) is 5.57. The minimum absolute atomic E-state index is 0.192. The summed E-state index contributed by atoms with van der Waals surface area (Å²) in [5.74, 6) is 0.192. The summed E-state index contributed by atoms with van der Waals surface area (Å²) in [5.41, 5.74) is 2.56. The molecule has 0 atom stereocenters. The van der Waals surface area contributed by atoms with Crippen molar-refractivity contribution in [2.24, 2.45) is 0 Å². The van der Waals surface area contributed by atoms with Gasteiger partial charge in [-0.25, -0.2) is 0 Å². The highest BCUT2D eigenvalue weighted by Crippen LogP contribution is 2.20. The smallest absolute Gasteiger partial charge is 0.222 e. The molecule has 0 saturated heterocycles. The van der Waals surface area contributed by atoms with Gasteiger partial charge >= 0.3 is 0 Å². The molecule has 20 heavy (non-hydrogen) atoms. The minimum atomic E-state index is 0.192. The Kier molecular flexibility index (Phi) is 4.79. The monoisotopic (exact) mass is 273 g/mol. The molecule has 0 bridgehead atoms. The Hall–Kier alpha value is -1.81. The molecule has 0 unspecified atom stereocenters. The van der Waals surface area contributed by atoms with Gasteiger partial charge in [0, 0.05) is 50.7 Å². The van der Waals surface area contributed by atoms with Crippen LogP contribution >= 0.6 is 0 Å². The van der Waals surface area contributed by atoms with Gasteiger partial charge in [-0.3, -0.25) is 4.79 Å². The number of carbonyl (C=O) groups excluding carboxylic acids is 1. The maximum Gasteiger partial charge on any atom is 0.222 e. The molecular weight excluding hydrogens is 250 g/mol. The van der Waals surface area contributed by atoms with Crippen molar-refractivity contribution in [1.29, 1.82) is 0 Å². The number of amides is 1. The van der Waals surface area contributed by atoms with Crippen LogP contribution < -0.4 is 5.32 Å². The predicted molar refractivity (Wildman–Crippen MR) is 82.6 cm³/mol. The van der Waals surface area contributed by atoms with Crippen LogP contribution in [0.3, 0.4) is 0 Å². The van der Waals surface area contributed by atoms with E-state index in [-0.39, 0.29) is 5.91 Å². The first kappa shape index (κ1) is 14.6. The first-order valence-electron chi connectivity index (χ1n) is 7.05. The van der Waals surface area contributed by atoms with E-state index in [0.717, 1.165) is 19.5 Å². The first-order chi connectivity index (χ1) is 9.63. The molecule has 2 aromatic rings. The molecule has 0 aliphatic rings. The maximum absolute atomic E-state index is 11.6. The molecule has 1 aromatic heterocycles. The van der Waals surface area contributed by atoms with Crippen LogP contribution in [0.5, 0.6) is 0 Å². The van der Waals surface area contributed by atoms with Gasteiger partial charge in [-0.2, -0.15) is 0 Å². The number of hydrogen-bond acceptors (Lipinski definition) is 2. The second-order valence-corrected chi connectivity index (χ2v) is 5.28. The number of benzene rings is 1. The average molecular weight is 273 g/mol. The lowest BCUT2D eigenvalue weighted by atomic mass is 10.1. The largest absolute Gasteiger partial charge is 0.349 e. The number of fused-ring (bicyclic) bond motifs is 1. The summed E-state index contributed by atoms with van der Waals surface area (Å²) in [6.45, 7) is 1.76. The highest BCUT2D eigenvalue weighted by atomic mass is 16.2. The second-order valence-electron chi connectivity index (χ2n) is 5.28. The zero-order chi connectivity index (χ0) is 14.5. The van der Waals surface area contributed by atoms with E-state index >= 15 is 0 Å². The fourth-order valence-electron chi connectivity index (χ4n) is 2.45. The maximum atomic E-state index is 11.6. The van der Waals surface area contributed by atoms with Gasteiger partial charge < -0.3 is 14.8 Å². The van der Waals surface area contributed by atoms with Crippen molar-refractivity contribution < 1.29 is 4.79 Å². The number of aromatic nitrogens is 1. The van der Waals surface area contributed by atoms with Crippen LogP contribution in [-0.4, -0.2) is 36.5 Å². The Labute approximate surface area is 120 Å². The fraction of sp³-hybridized carbons (Fsp3) is 0.438. The minimum Gasteiger partial charge on any atom is -0.349 e. The lowest BCUT2D eigenvalue weighted by molar-refractivity contribution is -0.128. The number of nitrogens with zero attached hydrogens (tertiary/aromatic N) is 2. The molecule has 1 N–H and O–H groups in total. The summed E-state index contributed by atoms with van der Waals surface area (Å²) in [4.78, 5) is 13.2. The number of aryl methyl sites for hydroxylation is 1. The Morgan fingerprint density at radius 3 is 2.80 bits per heavy atom. The topological polar surface area (TPSA) is 37.3 Å². The molecule has 1 amide bonds. The Balaban J connectivity index is 2.08. The van der Waals surface area contributed by atoms with Crippen LogP contribution in [0.4, 0.5) is 0 Å². The van der Waals surface area contributed by atoms with Crippen LogP contribution in [-0.2, 0) is 17.9 Å². The van der Waals surface area contributed by atoms with Gasteiger partial charge in [-0.05, 0) is 31.2 Å². The molecule has 0 aliphatic carbocycles. The van der Waals surface area contributed by atoms with Gasteiger partial charge in [-0.15, -0.1) is 0 Å². The molecule has 0 fully saturated rings. The normalized spacial score (nSPS) is 10.9. The highest BCUT2D eigenvalue weighted by Gasteiger charge is 2.07. The third-order valence-electron chi connectivity index (χ3n) is 3.56. The number of nitrogens with one attached hydrogen (secondary N) is 1. The van der Waals surface area contributed by atoms with E-state index < -0.39 is 0 Å². The van der Waals surface area contributed by atoms with Crippen molar-refractivity contribution in [2.75, 3.05) is 21.1 Å². The van der Waals surface area contributed by atoms with Gasteiger partial charge in [-0.1, -0.05) is 12.1 Å². The van der Waals surface area contributed by atoms with Gasteiger partial charge in [0.2, 0.25) is 5.91 Å². The number of hydrogen-bond donors (Lipinski definition) is 1. The molecule has 1 aromatic carbocycles. The predicted octanol–water partition coefficient (Wildman–Crippen LogP) is 2.23. The van der Waals surface area contributed by atoms with Gasteiger partial charge in [0.05, 0.1) is 0 Å². The lowest BCUT2D eigenvalue weighted by Crippen LogP contribution is -2.21. The van der Waals surface area contributed by atoms with Crippen molar-refractivity contribution >= 4 is 16.8 Å². The standard InChI is InChI=1S/C16H23N3O/c1-17-12-13-6-4-7-15-14(13)9-11-19(15)10-5-8-16(20)18(2)3/h4,6-7,9,11,17H,5,8,10,12H2,1-3H3. The number of rotatable bonds is 6. The number of carbonyl (C=O) groups is 1. The zero-order valence-corrected chi connectivity index (χ0v) is 12.5. The molecule has 2 rings (SSSR count). The summed E-state index contributed by atoms with van der Waals surface area (Å²) in [5, 5.41) is 4.49. The third-order valence-corrected chi connectivity index (χ3v) is 3.56. The van der Waals surface area contributed by atoms with Gasteiger partial charge in [0.1, 0.15) is 0 Å². The van der Waals surface area contributed by atoms with Gasteiger partial charge in [0.25, 0.3) is 0 Å². The molecular formula is C16H23N3O. The molecule has 0 radical (unpaired) electrons. The van der Waals surface area contributed by atoms with Crippen LogP contribution in [0.25, 0.3) is 10.9 Å². The summed E-state index contributed by atoms with van der Waals surface area (Å²) in [6, 6.07) is 8.55. The van der Waals surface area contributed by atoms with Crippen molar-refractivity contribution in [1.82, 2.24) is 14.8 Å². The Morgan fingerprint density at radius 1 is 1.30 bits per heavy atom. The quantitative estimate of drug-likeness (QED) is 0.876. The summed E-state index contributed by atoms with van der Waals surface area (Å²) < 4.78 is 2.23. The highest BCUT2D eigenvalue weighted by molar-refractivity contribution is 5.83. The van der Waals surface area contributed by atoms with Crippen molar-refractivity contribution in [3.05, 3.63) is 36.0 Å². The second kappa shape index (κ2) is 6.57. The average Bonchev–Trinajstić information content (AvgIpc) is 2.83. The van der Waals surface area contributed by atoms with Crippen LogP contribution in [0.2, 0.25) is 0 Å². The molecule has 4 heteroatoms. The Morgan fingerprint density at radius 2 is 2.10 bits per heavy atom. The van der Waals surface area contributed by atoms with E-state index in [1.54, 1.807) is 19.0 Å². The van der Waals surface area contributed by atoms with Crippen molar-refractivity contribution in [3.63, 3.8) is 0 Å². The molecule has 0 saturated carbocycles. The van der Waals surface area contributed by atoms with Crippen LogP contribution in [0, 0.1) is 0 Å². The molecule has 0 spiro atoms. The molecule has 0 aliphatic heterocycles. The van der Waals surface area contributed by atoms with Crippen molar-refractivity contribution in [2.45, 2.75) is 25.9 Å². The van der Waals surface area contributed by atoms with E-state index in [1.165, 1.54) is 16.5 Å². The third kappa shape index (κ3) is 3.20. The van der Waals surface area contributed by atoms with Crippen LogP contribution in [0.15, 0.2) is 30.5 Å². The fourth-order valence-corrected chi connectivity index (χ4v) is 2.45.